The van der Waals surface area contributed by atoms with Gasteiger partial charge >= 0.3 is 0 Å². The van der Waals surface area contributed by atoms with Crippen LogP contribution in [0.5, 0.6) is 0 Å². The summed E-state index contributed by atoms with van der Waals surface area (Å²) in [5, 5.41) is 3.83. The monoisotopic (exact) mass is 276 g/mol. The fourth-order valence-corrected chi connectivity index (χ4v) is 1.92. The number of rotatable bonds is 5. The van der Waals surface area contributed by atoms with E-state index in [0.717, 1.165) is 12.8 Å². The van der Waals surface area contributed by atoms with E-state index in [2.05, 4.69) is 15.1 Å². The minimum absolute atomic E-state index is 0.222. The van der Waals surface area contributed by atoms with Crippen LogP contribution < -0.4 is 11.3 Å². The number of ether oxygens (including phenoxy) is 1. The van der Waals surface area contributed by atoms with Gasteiger partial charge in [-0.2, -0.15) is 4.98 Å². The van der Waals surface area contributed by atoms with Crippen LogP contribution in [0, 0.1) is 0 Å². The second kappa shape index (κ2) is 5.56. The summed E-state index contributed by atoms with van der Waals surface area (Å²) in [6, 6.07) is 4.30. The number of hydrogen-bond donors (Lipinski definition) is 2. The van der Waals surface area contributed by atoms with Crippen LogP contribution in [0.1, 0.15) is 31.1 Å². The third-order valence-electron chi connectivity index (χ3n) is 3.34. The van der Waals surface area contributed by atoms with Crippen molar-refractivity contribution >= 4 is 0 Å². The molecule has 1 aliphatic rings. The van der Waals surface area contributed by atoms with Gasteiger partial charge in [0.15, 0.2) is 5.82 Å². The van der Waals surface area contributed by atoms with Crippen LogP contribution in [0.3, 0.4) is 0 Å². The highest BCUT2D eigenvalue weighted by molar-refractivity contribution is 5.45. The highest BCUT2D eigenvalue weighted by Gasteiger charge is 2.21. The summed E-state index contributed by atoms with van der Waals surface area (Å²) >= 11 is 0. The summed E-state index contributed by atoms with van der Waals surface area (Å²) in [6.07, 6.45) is 3.72. The Morgan fingerprint density at radius 1 is 1.50 bits per heavy atom. The van der Waals surface area contributed by atoms with Crippen molar-refractivity contribution in [1.82, 2.24) is 15.1 Å². The van der Waals surface area contributed by atoms with E-state index in [-0.39, 0.29) is 11.4 Å². The molecule has 2 heterocycles. The smallest absolute Gasteiger partial charge is 0.274 e. The van der Waals surface area contributed by atoms with Crippen LogP contribution in [0.2, 0.25) is 0 Å². The Balaban J connectivity index is 1.67. The Hall–Kier alpha value is -1.99. The number of aromatic amines is 1. The molecular formula is C13H16N4O3. The lowest BCUT2D eigenvalue weighted by Crippen LogP contribution is -2.27. The van der Waals surface area contributed by atoms with Crippen molar-refractivity contribution in [2.45, 2.75) is 31.4 Å². The number of nitrogens with two attached hydrogens (primary N) is 1. The van der Waals surface area contributed by atoms with Gasteiger partial charge in [0, 0.05) is 6.07 Å². The van der Waals surface area contributed by atoms with Crippen LogP contribution in [0.25, 0.3) is 11.6 Å². The Labute approximate surface area is 115 Å². The highest BCUT2D eigenvalue weighted by Crippen LogP contribution is 2.23. The highest BCUT2D eigenvalue weighted by atomic mass is 16.5. The van der Waals surface area contributed by atoms with Crippen molar-refractivity contribution in [3.63, 3.8) is 0 Å². The molecule has 1 aliphatic carbocycles. The lowest BCUT2D eigenvalue weighted by atomic mass is 9.96. The molecule has 0 aromatic carbocycles. The van der Waals surface area contributed by atoms with Gasteiger partial charge < -0.3 is 20.0 Å². The molecule has 1 atom stereocenters. The van der Waals surface area contributed by atoms with Crippen molar-refractivity contribution in [2.24, 2.45) is 5.73 Å². The summed E-state index contributed by atoms with van der Waals surface area (Å²) in [4.78, 5) is 18.0. The SMILES string of the molecule is NC(COC1CCC1)c1noc(-c2cccc(=O)[nH]2)n1. The molecule has 3 N–H and O–H groups in total. The van der Waals surface area contributed by atoms with Crippen molar-refractivity contribution in [2.75, 3.05) is 6.61 Å². The molecule has 0 saturated heterocycles. The first-order valence-electron chi connectivity index (χ1n) is 6.63. The summed E-state index contributed by atoms with van der Waals surface area (Å²) in [5.74, 6) is 0.626. The molecule has 106 valence electrons. The van der Waals surface area contributed by atoms with Gasteiger partial charge in [-0.15, -0.1) is 0 Å². The van der Waals surface area contributed by atoms with Crippen molar-refractivity contribution in [3.8, 4) is 11.6 Å². The molecule has 0 amide bonds. The average Bonchev–Trinajstić information content (AvgIpc) is 2.86. The van der Waals surface area contributed by atoms with Crippen LogP contribution in [0.4, 0.5) is 0 Å². The molecule has 2 aromatic heterocycles. The first-order chi connectivity index (χ1) is 9.72. The summed E-state index contributed by atoms with van der Waals surface area (Å²) in [5.41, 5.74) is 6.21. The van der Waals surface area contributed by atoms with E-state index < -0.39 is 6.04 Å². The molecule has 1 fully saturated rings. The lowest BCUT2D eigenvalue weighted by molar-refractivity contribution is -0.00549. The van der Waals surface area contributed by atoms with Gasteiger partial charge in [0.1, 0.15) is 5.69 Å². The second-order valence-corrected chi connectivity index (χ2v) is 4.88. The van der Waals surface area contributed by atoms with E-state index in [4.69, 9.17) is 15.0 Å². The van der Waals surface area contributed by atoms with Gasteiger partial charge in [0.05, 0.1) is 18.8 Å². The van der Waals surface area contributed by atoms with Gasteiger partial charge in [-0.3, -0.25) is 4.79 Å². The molecule has 0 aliphatic heterocycles. The molecule has 0 radical (unpaired) electrons. The first-order valence-corrected chi connectivity index (χ1v) is 6.63. The zero-order valence-electron chi connectivity index (χ0n) is 10.9. The third-order valence-corrected chi connectivity index (χ3v) is 3.34. The molecule has 1 unspecified atom stereocenters. The van der Waals surface area contributed by atoms with Crippen LogP contribution in [-0.4, -0.2) is 27.8 Å². The van der Waals surface area contributed by atoms with Gasteiger partial charge in [-0.05, 0) is 25.3 Å². The molecule has 7 nitrogen and oxygen atoms in total. The number of pyridine rings is 1. The zero-order chi connectivity index (χ0) is 13.9. The number of nitrogens with one attached hydrogen (secondary N) is 1. The molecular weight excluding hydrogens is 260 g/mol. The maximum atomic E-state index is 11.2. The summed E-state index contributed by atoms with van der Waals surface area (Å²) < 4.78 is 10.7. The minimum atomic E-state index is -0.427. The van der Waals surface area contributed by atoms with Crippen molar-refractivity contribution in [3.05, 3.63) is 34.4 Å². The Kier molecular flexibility index (Phi) is 3.62. The number of aromatic nitrogens is 3. The van der Waals surface area contributed by atoms with Crippen LogP contribution in [0.15, 0.2) is 27.5 Å². The predicted octanol–water partition coefficient (Wildman–Crippen LogP) is 0.994. The topological polar surface area (TPSA) is 107 Å². The lowest BCUT2D eigenvalue weighted by Gasteiger charge is -2.26. The minimum Gasteiger partial charge on any atom is -0.376 e. The van der Waals surface area contributed by atoms with E-state index in [9.17, 15) is 4.79 Å². The number of nitrogens with zero attached hydrogens (tertiary/aromatic N) is 2. The van der Waals surface area contributed by atoms with Crippen LogP contribution in [-0.2, 0) is 4.74 Å². The van der Waals surface area contributed by atoms with Crippen molar-refractivity contribution in [1.29, 1.82) is 0 Å². The van der Waals surface area contributed by atoms with Gasteiger partial charge in [-0.25, -0.2) is 0 Å². The molecule has 0 spiro atoms. The quantitative estimate of drug-likeness (QED) is 0.843. The van der Waals surface area contributed by atoms with Crippen molar-refractivity contribution < 1.29 is 9.26 Å². The Bertz CT molecular complexity index is 632. The number of H-pyrrole nitrogens is 1. The van der Waals surface area contributed by atoms with Crippen LogP contribution >= 0.6 is 0 Å². The normalized spacial score (nSPS) is 16.9. The zero-order valence-corrected chi connectivity index (χ0v) is 10.9. The largest absolute Gasteiger partial charge is 0.376 e. The maximum absolute atomic E-state index is 11.2. The first kappa shape index (κ1) is 13.0. The standard InChI is InChI=1S/C13H16N4O3/c14-9(7-19-8-3-1-4-8)12-16-13(20-17-12)10-5-2-6-11(18)15-10/h2,5-6,8-9H,1,3-4,7,14H2,(H,15,18). The summed E-state index contributed by atoms with van der Waals surface area (Å²) in [6.45, 7) is 0.370. The molecule has 20 heavy (non-hydrogen) atoms. The third kappa shape index (κ3) is 2.78. The molecule has 3 rings (SSSR count). The second-order valence-electron chi connectivity index (χ2n) is 4.88. The molecule has 7 heteroatoms. The van der Waals surface area contributed by atoms with E-state index in [0.29, 0.717) is 24.2 Å². The Morgan fingerprint density at radius 3 is 3.05 bits per heavy atom. The Morgan fingerprint density at radius 2 is 2.35 bits per heavy atom. The van der Waals surface area contributed by atoms with Gasteiger partial charge in [0.2, 0.25) is 5.56 Å². The van der Waals surface area contributed by atoms with E-state index in [1.807, 2.05) is 0 Å². The molecule has 0 bridgehead atoms. The van der Waals surface area contributed by atoms with E-state index in [1.165, 1.54) is 12.5 Å². The molecule has 1 saturated carbocycles. The fraction of sp³-hybridized carbons (Fsp3) is 0.462. The number of hydrogen-bond acceptors (Lipinski definition) is 6. The van der Waals surface area contributed by atoms with Gasteiger partial charge in [-0.1, -0.05) is 11.2 Å². The predicted molar refractivity (Wildman–Crippen MR) is 70.9 cm³/mol. The fourth-order valence-electron chi connectivity index (χ4n) is 1.92. The average molecular weight is 276 g/mol. The maximum Gasteiger partial charge on any atom is 0.274 e. The van der Waals surface area contributed by atoms with E-state index in [1.54, 1.807) is 12.1 Å². The van der Waals surface area contributed by atoms with E-state index >= 15 is 0 Å². The molecule has 2 aromatic rings. The van der Waals surface area contributed by atoms with Gasteiger partial charge in [0.25, 0.3) is 5.89 Å². The summed E-state index contributed by atoms with van der Waals surface area (Å²) in [7, 11) is 0.